The molecule has 0 bridgehead atoms. The van der Waals surface area contributed by atoms with Crippen LogP contribution in [0.25, 0.3) is 0 Å². The zero-order valence-electron chi connectivity index (χ0n) is 19.5. The van der Waals surface area contributed by atoms with Crippen molar-refractivity contribution < 1.29 is 23.5 Å². The van der Waals surface area contributed by atoms with Gasteiger partial charge in [0.25, 0.3) is 0 Å². The smallest absolute Gasteiger partial charge is 0.338 e. The number of amidine groups is 1. The van der Waals surface area contributed by atoms with E-state index in [-0.39, 0.29) is 31.0 Å². The summed E-state index contributed by atoms with van der Waals surface area (Å²) < 4.78 is 25.1. The predicted octanol–water partition coefficient (Wildman–Crippen LogP) is 3.18. The lowest BCUT2D eigenvalue weighted by molar-refractivity contribution is -0.150. The van der Waals surface area contributed by atoms with Crippen molar-refractivity contribution in [3.05, 3.63) is 45.3 Å². The fourth-order valence-electron chi connectivity index (χ4n) is 4.56. The number of piperazine rings is 1. The first-order valence-electron chi connectivity index (χ1n) is 11.6. The van der Waals surface area contributed by atoms with Crippen LogP contribution in [0.15, 0.2) is 43.9 Å². The molecule has 4 aliphatic rings. The third-order valence-corrected chi connectivity index (χ3v) is 8.29. The molecular weight excluding hydrogens is 539 g/mol. The molecule has 1 aromatic rings. The molecule has 1 aromatic carbocycles. The molecule has 1 unspecified atom stereocenters. The summed E-state index contributed by atoms with van der Waals surface area (Å²) in [6.45, 7) is 6.10. The molecule has 0 saturated carbocycles. The van der Waals surface area contributed by atoms with Gasteiger partial charge < -0.3 is 19.3 Å². The van der Waals surface area contributed by atoms with Gasteiger partial charge in [-0.1, -0.05) is 22.0 Å². The molecule has 5 rings (SSSR count). The van der Waals surface area contributed by atoms with Gasteiger partial charge in [-0.25, -0.2) is 9.18 Å². The maximum atomic E-state index is 13.9. The fourth-order valence-corrected chi connectivity index (χ4v) is 6.15. The van der Waals surface area contributed by atoms with E-state index in [0.717, 1.165) is 10.8 Å². The molecule has 0 spiro atoms. The largest absolute Gasteiger partial charge is 0.463 e. The second-order valence-corrected chi connectivity index (χ2v) is 10.7. The average Bonchev–Trinajstić information content (AvgIpc) is 3.22. The fraction of sp³-hybridized carbons (Fsp3) is 0.500. The summed E-state index contributed by atoms with van der Waals surface area (Å²) in [5.74, 6) is 0.520. The highest BCUT2D eigenvalue weighted by Crippen LogP contribution is 2.41. The molecule has 11 heteroatoms. The van der Waals surface area contributed by atoms with Gasteiger partial charge in [0.15, 0.2) is 5.84 Å². The van der Waals surface area contributed by atoms with Crippen molar-refractivity contribution in [1.29, 1.82) is 0 Å². The monoisotopic (exact) mass is 564 g/mol. The topological polar surface area (TPSA) is 83.8 Å². The number of carbonyl (C=O) groups excluding carboxylic acids is 2. The third-order valence-electron chi connectivity index (χ3n) is 6.39. The van der Waals surface area contributed by atoms with E-state index in [1.54, 1.807) is 29.7 Å². The Morgan fingerprint density at radius 1 is 1.29 bits per heavy atom. The lowest BCUT2D eigenvalue weighted by Gasteiger charge is -2.44. The van der Waals surface area contributed by atoms with E-state index in [1.807, 2.05) is 4.90 Å². The van der Waals surface area contributed by atoms with Crippen molar-refractivity contribution in [2.75, 3.05) is 45.2 Å². The van der Waals surface area contributed by atoms with Gasteiger partial charge in [0.05, 0.1) is 49.6 Å². The molecular formula is C24H26BrFN4O4S. The summed E-state index contributed by atoms with van der Waals surface area (Å²) in [5.41, 5.74) is 1.69. The minimum Gasteiger partial charge on any atom is -0.463 e. The predicted molar refractivity (Wildman–Crippen MR) is 135 cm³/mol. The van der Waals surface area contributed by atoms with Crippen molar-refractivity contribution in [1.82, 2.24) is 9.80 Å². The number of aliphatic imine (C=N–C) groups is 2. The molecule has 0 aromatic heterocycles. The third kappa shape index (κ3) is 4.65. The van der Waals surface area contributed by atoms with Crippen LogP contribution in [-0.4, -0.2) is 83.8 Å². The molecule has 8 nitrogen and oxygen atoms in total. The number of hydrogen-bond donors (Lipinski definition) is 0. The highest BCUT2D eigenvalue weighted by atomic mass is 79.9. The first kappa shape index (κ1) is 24.5. The minimum atomic E-state index is -0.730. The summed E-state index contributed by atoms with van der Waals surface area (Å²) in [4.78, 5) is 40.0. The molecule has 35 heavy (non-hydrogen) atoms. The second kappa shape index (κ2) is 10.0. The van der Waals surface area contributed by atoms with E-state index in [9.17, 15) is 14.0 Å². The van der Waals surface area contributed by atoms with Crippen LogP contribution >= 0.6 is 27.7 Å². The van der Waals surface area contributed by atoms with Crippen LogP contribution < -0.4 is 0 Å². The molecule has 0 aliphatic carbocycles. The van der Waals surface area contributed by atoms with Crippen LogP contribution in [0.5, 0.6) is 0 Å². The van der Waals surface area contributed by atoms with Crippen LogP contribution in [-0.2, 0) is 19.1 Å². The summed E-state index contributed by atoms with van der Waals surface area (Å²) in [6, 6.07) is 3.78. The summed E-state index contributed by atoms with van der Waals surface area (Å²) in [5, 5.41) is 0.813. The standard InChI is InChI=1S/C24H26BrFN4O4S/c1-3-34-24(32)19-18-9-29(23(31)14-10-33-11-14)6-7-30(18)21(22-27-13(2)12-35-22)28-20(19)16-5-4-15(26)8-17(16)25/h4-5,8,13-14,20H,3,6-7,9-12H2,1-2H3/t13?,20-/m0/s1. The Morgan fingerprint density at radius 2 is 2.09 bits per heavy atom. The Labute approximate surface area is 215 Å². The second-order valence-electron chi connectivity index (χ2n) is 8.84. The minimum absolute atomic E-state index is 0.0244. The maximum absolute atomic E-state index is 13.9. The number of rotatable bonds is 5. The maximum Gasteiger partial charge on any atom is 0.338 e. The van der Waals surface area contributed by atoms with Gasteiger partial charge in [0.2, 0.25) is 5.91 Å². The van der Waals surface area contributed by atoms with Crippen molar-refractivity contribution >= 4 is 50.4 Å². The number of amides is 1. The highest BCUT2D eigenvalue weighted by Gasteiger charge is 2.43. The van der Waals surface area contributed by atoms with E-state index < -0.39 is 17.8 Å². The van der Waals surface area contributed by atoms with E-state index in [0.29, 0.717) is 53.4 Å². The lowest BCUT2D eigenvalue weighted by Crippen LogP contribution is -2.55. The normalized spacial score (nSPS) is 24.6. The summed E-state index contributed by atoms with van der Waals surface area (Å²) >= 11 is 5.09. The molecule has 0 N–H and O–H groups in total. The zero-order valence-corrected chi connectivity index (χ0v) is 21.9. The van der Waals surface area contributed by atoms with Gasteiger partial charge in [0, 0.05) is 23.3 Å². The molecule has 4 aliphatic heterocycles. The average molecular weight is 565 g/mol. The number of thioether (sulfide) groups is 1. The molecule has 2 fully saturated rings. The van der Waals surface area contributed by atoms with Gasteiger partial charge >= 0.3 is 5.97 Å². The Balaban J connectivity index is 1.63. The number of esters is 1. The summed E-state index contributed by atoms with van der Waals surface area (Å²) in [7, 11) is 0. The van der Waals surface area contributed by atoms with Gasteiger partial charge in [-0.3, -0.25) is 14.8 Å². The van der Waals surface area contributed by atoms with Crippen molar-refractivity contribution in [2.45, 2.75) is 25.9 Å². The number of fused-ring (bicyclic) bond motifs is 1. The quantitative estimate of drug-likeness (QED) is 0.511. The summed E-state index contributed by atoms with van der Waals surface area (Å²) in [6.07, 6.45) is 0. The number of nitrogens with zero attached hydrogens (tertiary/aromatic N) is 4. The van der Waals surface area contributed by atoms with Crippen LogP contribution in [0.3, 0.4) is 0 Å². The molecule has 0 radical (unpaired) electrons. The number of hydrogen-bond acceptors (Lipinski definition) is 8. The number of ether oxygens (including phenoxy) is 2. The number of carbonyl (C=O) groups is 2. The van der Waals surface area contributed by atoms with Crippen molar-refractivity contribution in [3.63, 3.8) is 0 Å². The van der Waals surface area contributed by atoms with Crippen LogP contribution in [0.4, 0.5) is 4.39 Å². The first-order valence-corrected chi connectivity index (χ1v) is 13.4. The van der Waals surface area contributed by atoms with Crippen LogP contribution in [0.2, 0.25) is 0 Å². The Kier molecular flexibility index (Phi) is 7.00. The first-order chi connectivity index (χ1) is 16.9. The van der Waals surface area contributed by atoms with Gasteiger partial charge in [-0.2, -0.15) is 0 Å². The van der Waals surface area contributed by atoms with E-state index >= 15 is 0 Å². The molecule has 1 amide bonds. The van der Waals surface area contributed by atoms with Crippen LogP contribution in [0, 0.1) is 11.7 Å². The number of halogens is 2. The Morgan fingerprint density at radius 3 is 2.71 bits per heavy atom. The molecule has 186 valence electrons. The Hall–Kier alpha value is -2.24. The van der Waals surface area contributed by atoms with Gasteiger partial charge in [-0.15, -0.1) is 11.8 Å². The van der Waals surface area contributed by atoms with Crippen LogP contribution in [0.1, 0.15) is 25.5 Å². The van der Waals surface area contributed by atoms with E-state index in [2.05, 4.69) is 22.9 Å². The molecule has 2 atom stereocenters. The van der Waals surface area contributed by atoms with Crippen molar-refractivity contribution in [3.8, 4) is 0 Å². The van der Waals surface area contributed by atoms with Gasteiger partial charge in [-0.05, 0) is 31.5 Å². The molecule has 4 heterocycles. The number of benzene rings is 1. The van der Waals surface area contributed by atoms with Crippen molar-refractivity contribution in [2.24, 2.45) is 15.9 Å². The molecule has 2 saturated heterocycles. The van der Waals surface area contributed by atoms with E-state index in [4.69, 9.17) is 19.5 Å². The zero-order chi connectivity index (χ0) is 24.7. The SMILES string of the molecule is CCOC(=O)C1=C2CN(C(=O)C3COC3)CCN2C(C2=NC(C)CS2)=N[C@H]1c1ccc(F)cc1Br. The van der Waals surface area contributed by atoms with E-state index in [1.165, 1.54) is 12.1 Å². The Bertz CT molecular complexity index is 1150. The lowest BCUT2D eigenvalue weighted by atomic mass is 9.93. The highest BCUT2D eigenvalue weighted by molar-refractivity contribution is 9.10. The van der Waals surface area contributed by atoms with Gasteiger partial charge in [0.1, 0.15) is 16.9 Å².